The molecule has 1 aromatic carbocycles. The molecule has 0 spiro atoms. The lowest BCUT2D eigenvalue weighted by atomic mass is 9.82. The van der Waals surface area contributed by atoms with Gasteiger partial charge in [0.2, 0.25) is 0 Å². The summed E-state index contributed by atoms with van der Waals surface area (Å²) in [5, 5.41) is 3.44. The molecular weight excluding hydrogens is 226 g/mol. The van der Waals surface area contributed by atoms with Gasteiger partial charge in [0, 0.05) is 30.4 Å². The Hall–Kier alpha value is -1.38. The van der Waals surface area contributed by atoms with Crippen LogP contribution in [0.15, 0.2) is 18.2 Å². The molecule has 1 aromatic rings. The van der Waals surface area contributed by atoms with E-state index in [9.17, 15) is 0 Å². The number of anilines is 1. The maximum Gasteiger partial charge on any atom is 0.124 e. The standard InChI is InChI=1S/C15H25NO2/c1-11(15(2,3)4)10-16-12-7-13(17-5)9-14(8-12)18-6/h7-9,11,16H,10H2,1-6H3. The summed E-state index contributed by atoms with van der Waals surface area (Å²) < 4.78 is 10.5. The van der Waals surface area contributed by atoms with Gasteiger partial charge in [0.1, 0.15) is 11.5 Å². The van der Waals surface area contributed by atoms with E-state index in [2.05, 4.69) is 33.0 Å². The quantitative estimate of drug-likeness (QED) is 0.863. The van der Waals surface area contributed by atoms with Crippen molar-refractivity contribution >= 4 is 5.69 Å². The van der Waals surface area contributed by atoms with Crippen LogP contribution in [0.25, 0.3) is 0 Å². The molecule has 0 aliphatic carbocycles. The number of ether oxygens (including phenoxy) is 2. The Balaban J connectivity index is 2.72. The molecule has 0 aromatic heterocycles. The van der Waals surface area contributed by atoms with Gasteiger partial charge in [-0.15, -0.1) is 0 Å². The van der Waals surface area contributed by atoms with Crippen LogP contribution in [-0.4, -0.2) is 20.8 Å². The molecule has 18 heavy (non-hydrogen) atoms. The van der Waals surface area contributed by atoms with Crippen LogP contribution in [0.4, 0.5) is 5.69 Å². The lowest BCUT2D eigenvalue weighted by molar-refractivity contribution is 0.274. The van der Waals surface area contributed by atoms with Crippen molar-refractivity contribution in [1.82, 2.24) is 0 Å². The summed E-state index contributed by atoms with van der Waals surface area (Å²) in [6, 6.07) is 5.84. The number of rotatable bonds is 5. The molecule has 0 saturated carbocycles. The summed E-state index contributed by atoms with van der Waals surface area (Å²) in [5.41, 5.74) is 1.33. The Morgan fingerprint density at radius 2 is 1.56 bits per heavy atom. The second-order valence-corrected chi connectivity index (χ2v) is 5.75. The molecule has 3 heteroatoms. The first-order valence-corrected chi connectivity index (χ1v) is 6.33. The molecule has 0 aliphatic heterocycles. The van der Waals surface area contributed by atoms with Gasteiger partial charge in [-0.2, -0.15) is 0 Å². The van der Waals surface area contributed by atoms with Crippen LogP contribution in [0, 0.1) is 11.3 Å². The molecule has 1 unspecified atom stereocenters. The third-order valence-corrected chi connectivity index (χ3v) is 3.44. The van der Waals surface area contributed by atoms with Crippen molar-refractivity contribution in [3.63, 3.8) is 0 Å². The first-order valence-electron chi connectivity index (χ1n) is 6.33. The normalized spacial score (nSPS) is 13.0. The zero-order chi connectivity index (χ0) is 13.8. The summed E-state index contributed by atoms with van der Waals surface area (Å²) in [4.78, 5) is 0. The second-order valence-electron chi connectivity index (χ2n) is 5.75. The highest BCUT2D eigenvalue weighted by Gasteiger charge is 2.19. The van der Waals surface area contributed by atoms with Crippen molar-refractivity contribution in [1.29, 1.82) is 0 Å². The van der Waals surface area contributed by atoms with Crippen molar-refractivity contribution < 1.29 is 9.47 Å². The maximum atomic E-state index is 5.25. The number of hydrogen-bond acceptors (Lipinski definition) is 3. The SMILES string of the molecule is COc1cc(NCC(C)C(C)(C)C)cc(OC)c1. The van der Waals surface area contributed by atoms with Crippen LogP contribution < -0.4 is 14.8 Å². The van der Waals surface area contributed by atoms with Crippen molar-refractivity contribution in [3.8, 4) is 11.5 Å². The van der Waals surface area contributed by atoms with Gasteiger partial charge in [0.05, 0.1) is 14.2 Å². The van der Waals surface area contributed by atoms with Crippen molar-refractivity contribution in [2.24, 2.45) is 11.3 Å². The molecule has 0 saturated heterocycles. The van der Waals surface area contributed by atoms with E-state index >= 15 is 0 Å². The minimum atomic E-state index is 0.302. The number of benzene rings is 1. The fourth-order valence-electron chi connectivity index (χ4n) is 1.49. The third-order valence-electron chi connectivity index (χ3n) is 3.44. The lowest BCUT2D eigenvalue weighted by Gasteiger charge is -2.27. The van der Waals surface area contributed by atoms with Crippen LogP contribution in [0.5, 0.6) is 11.5 Å². The number of methoxy groups -OCH3 is 2. The van der Waals surface area contributed by atoms with Gasteiger partial charge >= 0.3 is 0 Å². The van der Waals surface area contributed by atoms with Crippen molar-refractivity contribution in [2.75, 3.05) is 26.1 Å². The summed E-state index contributed by atoms with van der Waals surface area (Å²) in [5.74, 6) is 2.19. The average Bonchev–Trinajstić information content (AvgIpc) is 2.34. The Morgan fingerprint density at radius 3 is 1.94 bits per heavy atom. The minimum Gasteiger partial charge on any atom is -0.497 e. The number of hydrogen-bond donors (Lipinski definition) is 1. The van der Waals surface area contributed by atoms with Crippen molar-refractivity contribution in [3.05, 3.63) is 18.2 Å². The van der Waals surface area contributed by atoms with Gasteiger partial charge in [0.15, 0.2) is 0 Å². The molecule has 102 valence electrons. The zero-order valence-electron chi connectivity index (χ0n) is 12.3. The van der Waals surface area contributed by atoms with Crippen LogP contribution in [-0.2, 0) is 0 Å². The third kappa shape index (κ3) is 4.13. The van der Waals surface area contributed by atoms with E-state index in [1.807, 2.05) is 18.2 Å². The molecule has 1 rings (SSSR count). The van der Waals surface area contributed by atoms with Crippen LogP contribution in [0.1, 0.15) is 27.7 Å². The maximum absolute atomic E-state index is 5.25. The molecule has 0 radical (unpaired) electrons. The molecule has 0 heterocycles. The fraction of sp³-hybridized carbons (Fsp3) is 0.600. The van der Waals surface area contributed by atoms with E-state index in [4.69, 9.17) is 9.47 Å². The van der Waals surface area contributed by atoms with Gasteiger partial charge in [-0.3, -0.25) is 0 Å². The van der Waals surface area contributed by atoms with Gasteiger partial charge in [-0.1, -0.05) is 27.7 Å². The Kier molecular flexibility index (Phi) is 4.88. The fourth-order valence-corrected chi connectivity index (χ4v) is 1.49. The summed E-state index contributed by atoms with van der Waals surface area (Å²) in [7, 11) is 3.33. The van der Waals surface area contributed by atoms with Gasteiger partial charge in [-0.25, -0.2) is 0 Å². The lowest BCUT2D eigenvalue weighted by Crippen LogP contribution is -2.24. The highest BCUT2D eigenvalue weighted by Crippen LogP contribution is 2.28. The van der Waals surface area contributed by atoms with Crippen LogP contribution in [0.2, 0.25) is 0 Å². The van der Waals surface area contributed by atoms with Crippen molar-refractivity contribution in [2.45, 2.75) is 27.7 Å². The Labute approximate surface area is 110 Å². The predicted molar refractivity (Wildman–Crippen MR) is 76.7 cm³/mol. The van der Waals surface area contributed by atoms with Gasteiger partial charge in [-0.05, 0) is 11.3 Å². The highest BCUT2D eigenvalue weighted by atomic mass is 16.5. The molecule has 1 atom stereocenters. The summed E-state index contributed by atoms with van der Waals surface area (Å²) in [6.45, 7) is 9.95. The zero-order valence-corrected chi connectivity index (χ0v) is 12.3. The first kappa shape index (κ1) is 14.7. The molecule has 0 aliphatic rings. The van der Waals surface area contributed by atoms with E-state index < -0.39 is 0 Å². The number of nitrogens with one attached hydrogen (secondary N) is 1. The smallest absolute Gasteiger partial charge is 0.124 e. The molecule has 0 fully saturated rings. The Bertz CT molecular complexity index is 360. The topological polar surface area (TPSA) is 30.5 Å². The van der Waals surface area contributed by atoms with E-state index in [1.165, 1.54) is 0 Å². The van der Waals surface area contributed by atoms with Gasteiger partial charge in [0.25, 0.3) is 0 Å². The van der Waals surface area contributed by atoms with E-state index in [0.29, 0.717) is 11.3 Å². The average molecular weight is 251 g/mol. The molecule has 0 amide bonds. The predicted octanol–water partition coefficient (Wildman–Crippen LogP) is 3.80. The molecular formula is C15H25NO2. The molecule has 3 nitrogen and oxygen atoms in total. The second kappa shape index (κ2) is 5.98. The largest absolute Gasteiger partial charge is 0.497 e. The Morgan fingerprint density at radius 1 is 1.06 bits per heavy atom. The van der Waals surface area contributed by atoms with Crippen LogP contribution >= 0.6 is 0 Å². The van der Waals surface area contributed by atoms with E-state index in [0.717, 1.165) is 23.7 Å². The van der Waals surface area contributed by atoms with Crippen LogP contribution in [0.3, 0.4) is 0 Å². The monoisotopic (exact) mass is 251 g/mol. The first-order chi connectivity index (χ1) is 8.36. The molecule has 1 N–H and O–H groups in total. The van der Waals surface area contributed by atoms with E-state index in [1.54, 1.807) is 14.2 Å². The summed E-state index contributed by atoms with van der Waals surface area (Å²) in [6.07, 6.45) is 0. The molecule has 0 bridgehead atoms. The van der Waals surface area contributed by atoms with E-state index in [-0.39, 0.29) is 0 Å². The minimum absolute atomic E-state index is 0.302. The van der Waals surface area contributed by atoms with Gasteiger partial charge < -0.3 is 14.8 Å². The highest BCUT2D eigenvalue weighted by molar-refractivity contribution is 5.53. The summed E-state index contributed by atoms with van der Waals surface area (Å²) >= 11 is 0.